The Balaban J connectivity index is 3.03. The van der Waals surface area contributed by atoms with E-state index in [1.807, 2.05) is 14.0 Å². The van der Waals surface area contributed by atoms with Crippen LogP contribution in [0.15, 0.2) is 34.7 Å². The van der Waals surface area contributed by atoms with Gasteiger partial charge in [0.05, 0.1) is 12.1 Å². The zero-order valence-corrected chi connectivity index (χ0v) is 17.6. The van der Waals surface area contributed by atoms with Gasteiger partial charge >= 0.3 is 6.18 Å². The maximum absolute atomic E-state index is 13.1. The van der Waals surface area contributed by atoms with Crippen LogP contribution in [0.3, 0.4) is 0 Å². The van der Waals surface area contributed by atoms with Crippen LogP contribution in [-0.2, 0) is 17.5 Å². The van der Waals surface area contributed by atoms with Crippen molar-refractivity contribution in [3.8, 4) is 5.75 Å². The van der Waals surface area contributed by atoms with Crippen LogP contribution < -0.4 is 16.0 Å². The predicted octanol–water partition coefficient (Wildman–Crippen LogP) is 2.79. The van der Waals surface area contributed by atoms with Gasteiger partial charge in [-0.05, 0) is 45.0 Å². The monoisotopic (exact) mass is 429 g/mol. The van der Waals surface area contributed by atoms with Crippen LogP contribution in [0.2, 0.25) is 0 Å². The molecule has 0 saturated heterocycles. The van der Waals surface area contributed by atoms with Gasteiger partial charge in [0.1, 0.15) is 11.4 Å². The van der Waals surface area contributed by atoms with E-state index in [4.69, 9.17) is 0 Å². The summed E-state index contributed by atoms with van der Waals surface area (Å²) < 4.78 is 38.4. The molecule has 1 amide bonds. The van der Waals surface area contributed by atoms with Crippen molar-refractivity contribution in [3.05, 3.63) is 40.7 Å². The maximum atomic E-state index is 13.1. The number of rotatable bonds is 12. The number of phenols is 1. The fourth-order valence-corrected chi connectivity index (χ4v) is 2.78. The van der Waals surface area contributed by atoms with Crippen LogP contribution in [0.1, 0.15) is 37.3 Å². The Bertz CT molecular complexity index is 744. The number of alkyl halides is 3. The fourth-order valence-electron chi connectivity index (χ4n) is 2.78. The molecule has 1 aromatic rings. The Labute approximate surface area is 175 Å². The van der Waals surface area contributed by atoms with E-state index in [2.05, 4.69) is 27.8 Å². The first-order valence-electron chi connectivity index (χ1n) is 9.66. The molecule has 30 heavy (non-hydrogen) atoms. The molecule has 0 unspecified atom stereocenters. The van der Waals surface area contributed by atoms with Crippen LogP contribution in [0.25, 0.3) is 0 Å². The van der Waals surface area contributed by atoms with E-state index < -0.39 is 23.4 Å². The van der Waals surface area contributed by atoms with Gasteiger partial charge in [-0.15, -0.1) is 0 Å². The van der Waals surface area contributed by atoms with Crippen molar-refractivity contribution < 1.29 is 23.1 Å². The number of benzene rings is 1. The number of hydrazone groups is 1. The summed E-state index contributed by atoms with van der Waals surface area (Å²) in [6, 6.07) is 2.60. The van der Waals surface area contributed by atoms with Gasteiger partial charge in [0.15, 0.2) is 0 Å². The molecule has 0 aliphatic carbocycles. The van der Waals surface area contributed by atoms with Gasteiger partial charge in [0.25, 0.3) is 5.91 Å². The lowest BCUT2D eigenvalue weighted by Gasteiger charge is -2.22. The van der Waals surface area contributed by atoms with E-state index in [0.717, 1.165) is 36.5 Å². The molecule has 0 aromatic heterocycles. The molecule has 1 rings (SSSR count). The summed E-state index contributed by atoms with van der Waals surface area (Å²) in [5.74, 6) is -1.06. The van der Waals surface area contributed by atoms with E-state index in [1.54, 1.807) is 7.05 Å². The Morgan fingerprint density at radius 2 is 1.90 bits per heavy atom. The highest BCUT2D eigenvalue weighted by Crippen LogP contribution is 2.33. The van der Waals surface area contributed by atoms with Gasteiger partial charge in [-0.2, -0.15) is 18.3 Å². The number of allylic oxidation sites excluding steroid dienone is 1. The smallest absolute Gasteiger partial charge is 0.416 e. The molecular formula is C20H30F3N5O2. The minimum absolute atomic E-state index is 0.125. The number of hydrogen-bond acceptors (Lipinski definition) is 6. The molecule has 0 aliphatic rings. The lowest BCUT2D eigenvalue weighted by Crippen LogP contribution is -2.36. The second kappa shape index (κ2) is 12.1. The predicted molar refractivity (Wildman–Crippen MR) is 111 cm³/mol. The molecule has 4 N–H and O–H groups in total. The van der Waals surface area contributed by atoms with Crippen molar-refractivity contribution in [2.75, 3.05) is 27.2 Å². The molecule has 0 radical (unpaired) electrons. The summed E-state index contributed by atoms with van der Waals surface area (Å²) in [6.07, 6.45) is -2.26. The van der Waals surface area contributed by atoms with Crippen molar-refractivity contribution in [1.82, 2.24) is 21.0 Å². The van der Waals surface area contributed by atoms with E-state index in [0.29, 0.717) is 30.4 Å². The third-order valence-corrected chi connectivity index (χ3v) is 4.46. The number of nitrogens with zero attached hydrogens (tertiary/aromatic N) is 2. The Kier molecular flexibility index (Phi) is 10.2. The summed E-state index contributed by atoms with van der Waals surface area (Å²) in [4.78, 5) is 13.1. The molecule has 0 atom stereocenters. The molecule has 7 nitrogen and oxygen atoms in total. The number of hydrogen-bond donors (Lipinski definition) is 4. The average molecular weight is 429 g/mol. The minimum Gasteiger partial charge on any atom is -0.508 e. The number of nitrogens with one attached hydrogen (secondary N) is 3. The van der Waals surface area contributed by atoms with E-state index >= 15 is 0 Å². The molecule has 168 valence electrons. The highest BCUT2D eigenvalue weighted by atomic mass is 19.4. The van der Waals surface area contributed by atoms with Crippen LogP contribution >= 0.6 is 0 Å². The molecule has 1 aromatic carbocycles. The number of carbonyl (C=O) groups excluding carboxylic acids is 1. The van der Waals surface area contributed by atoms with Crippen molar-refractivity contribution in [1.29, 1.82) is 0 Å². The summed E-state index contributed by atoms with van der Waals surface area (Å²) in [7, 11) is 3.56. The molecule has 0 heterocycles. The highest BCUT2D eigenvalue weighted by molar-refractivity contribution is 5.93. The van der Waals surface area contributed by atoms with Crippen LogP contribution in [0.5, 0.6) is 5.75 Å². The Morgan fingerprint density at radius 1 is 1.23 bits per heavy atom. The van der Waals surface area contributed by atoms with E-state index in [-0.39, 0.29) is 12.1 Å². The van der Waals surface area contributed by atoms with Gasteiger partial charge in [-0.3, -0.25) is 4.79 Å². The molecule has 0 saturated carbocycles. The number of amides is 1. The van der Waals surface area contributed by atoms with Gasteiger partial charge in [-0.25, -0.2) is 5.01 Å². The summed E-state index contributed by atoms with van der Waals surface area (Å²) >= 11 is 0. The Morgan fingerprint density at radius 3 is 2.40 bits per heavy atom. The van der Waals surface area contributed by atoms with Crippen molar-refractivity contribution >= 4 is 12.6 Å². The zero-order valence-electron chi connectivity index (χ0n) is 17.6. The maximum Gasteiger partial charge on any atom is 0.416 e. The molecule has 0 fully saturated rings. The number of phenolic OH excluding ortho intramolecular Hbond substituents is 1. The number of carbonyl (C=O) groups is 1. The van der Waals surface area contributed by atoms with E-state index in [9.17, 15) is 23.1 Å². The molecule has 0 spiro atoms. The van der Waals surface area contributed by atoms with Crippen LogP contribution in [0, 0.1) is 0 Å². The SMILES string of the molecule is C=NN(Cc1ccc(C(F)(F)F)cc1O)C(=O)/C(NCCCCNC)=C(/CC)NC. The summed E-state index contributed by atoms with van der Waals surface area (Å²) in [5.41, 5.74) is 0.127. The first-order valence-corrected chi connectivity index (χ1v) is 9.66. The summed E-state index contributed by atoms with van der Waals surface area (Å²) in [6.45, 7) is 6.47. The second-order valence-corrected chi connectivity index (χ2v) is 6.54. The summed E-state index contributed by atoms with van der Waals surface area (Å²) in [5, 5.41) is 23.9. The van der Waals surface area contributed by atoms with Gasteiger partial charge in [0.2, 0.25) is 0 Å². The van der Waals surface area contributed by atoms with E-state index in [1.165, 1.54) is 0 Å². The largest absolute Gasteiger partial charge is 0.508 e. The standard InChI is InChI=1S/C20H30F3N5O2/c1-5-16(25-3)18(27-11-7-6-10-24-2)19(30)28(26-4)13-14-8-9-15(12-17(14)29)20(21,22)23/h8-9,12,24-25,27,29H,4-7,10-11,13H2,1-3H3/b18-16+. The topological polar surface area (TPSA) is 89.0 Å². The molecule has 0 aliphatic heterocycles. The second-order valence-electron chi connectivity index (χ2n) is 6.54. The zero-order chi connectivity index (χ0) is 22.7. The lowest BCUT2D eigenvalue weighted by molar-refractivity contribution is -0.137. The van der Waals surface area contributed by atoms with Gasteiger partial charge in [-0.1, -0.05) is 13.0 Å². The van der Waals surface area contributed by atoms with Gasteiger partial charge < -0.3 is 21.1 Å². The molecule has 0 bridgehead atoms. The number of halogens is 3. The van der Waals surface area contributed by atoms with Crippen LogP contribution in [0.4, 0.5) is 13.2 Å². The third-order valence-electron chi connectivity index (χ3n) is 4.46. The van der Waals surface area contributed by atoms with Crippen molar-refractivity contribution in [2.45, 2.75) is 38.9 Å². The minimum atomic E-state index is -4.57. The molecular weight excluding hydrogens is 399 g/mol. The molecule has 10 heteroatoms. The average Bonchev–Trinajstić information content (AvgIpc) is 2.71. The number of unbranched alkanes of at least 4 members (excludes halogenated alkanes) is 1. The quantitative estimate of drug-likeness (QED) is 0.178. The lowest BCUT2D eigenvalue weighted by atomic mass is 10.1. The van der Waals surface area contributed by atoms with Crippen molar-refractivity contribution in [2.24, 2.45) is 5.10 Å². The number of aromatic hydroxyl groups is 1. The first kappa shape index (κ1) is 25.3. The third kappa shape index (κ3) is 7.25. The van der Waals surface area contributed by atoms with Gasteiger partial charge in [0, 0.05) is 31.6 Å². The first-order chi connectivity index (χ1) is 14.2. The normalized spacial score (nSPS) is 12.2. The van der Waals surface area contributed by atoms with Crippen molar-refractivity contribution in [3.63, 3.8) is 0 Å². The Hall–Kier alpha value is -2.75. The fraction of sp³-hybridized carbons (Fsp3) is 0.500. The highest BCUT2D eigenvalue weighted by Gasteiger charge is 2.31. The van der Waals surface area contributed by atoms with Crippen LogP contribution in [-0.4, -0.2) is 49.9 Å².